The summed E-state index contributed by atoms with van der Waals surface area (Å²) in [6, 6.07) is 11.2. The van der Waals surface area contributed by atoms with Crippen LogP contribution in [0.25, 0.3) is 0 Å². The molecule has 3 nitrogen and oxygen atoms in total. The van der Waals surface area contributed by atoms with E-state index < -0.39 is 0 Å². The molecule has 0 radical (unpaired) electrons. The van der Waals surface area contributed by atoms with E-state index in [1.54, 1.807) is 7.11 Å². The van der Waals surface area contributed by atoms with Crippen molar-refractivity contribution in [2.75, 3.05) is 20.3 Å². The van der Waals surface area contributed by atoms with E-state index in [2.05, 4.69) is 56.4 Å². The Labute approximate surface area is 123 Å². The number of rotatable bonds is 9. The Morgan fingerprint density at radius 2 is 1.90 bits per heavy atom. The van der Waals surface area contributed by atoms with Crippen molar-refractivity contribution in [1.82, 2.24) is 5.32 Å². The highest BCUT2D eigenvalue weighted by molar-refractivity contribution is 5.23. The van der Waals surface area contributed by atoms with Gasteiger partial charge in [0, 0.05) is 25.8 Å². The van der Waals surface area contributed by atoms with E-state index in [0.29, 0.717) is 12.6 Å². The summed E-state index contributed by atoms with van der Waals surface area (Å²) in [6.45, 7) is 7.58. The lowest BCUT2D eigenvalue weighted by Crippen LogP contribution is -2.42. The van der Waals surface area contributed by atoms with Crippen LogP contribution in [-0.2, 0) is 10.2 Å². The van der Waals surface area contributed by atoms with Crippen molar-refractivity contribution < 1.29 is 9.84 Å². The zero-order chi connectivity index (χ0) is 15.0. The van der Waals surface area contributed by atoms with Gasteiger partial charge in [-0.05, 0) is 30.7 Å². The smallest absolute Gasteiger partial charge is 0.0616 e. The van der Waals surface area contributed by atoms with Crippen LogP contribution < -0.4 is 5.32 Å². The van der Waals surface area contributed by atoms with Crippen molar-refractivity contribution in [3.63, 3.8) is 0 Å². The fourth-order valence-corrected chi connectivity index (χ4v) is 2.81. The predicted octanol–water partition coefficient (Wildman–Crippen LogP) is 2.73. The summed E-state index contributed by atoms with van der Waals surface area (Å²) < 4.78 is 5.20. The van der Waals surface area contributed by atoms with Crippen LogP contribution in [-0.4, -0.2) is 37.5 Å². The van der Waals surface area contributed by atoms with E-state index in [-0.39, 0.29) is 18.1 Å². The minimum absolute atomic E-state index is 0.129. The quantitative estimate of drug-likeness (QED) is 0.730. The van der Waals surface area contributed by atoms with Crippen LogP contribution in [0.1, 0.15) is 39.2 Å². The number of methoxy groups -OCH3 is 1. The van der Waals surface area contributed by atoms with Crippen molar-refractivity contribution >= 4 is 0 Å². The molecule has 0 bridgehead atoms. The molecule has 0 amide bonds. The molecule has 0 aliphatic carbocycles. The molecule has 0 spiro atoms. The molecule has 1 aromatic carbocycles. The first-order valence-corrected chi connectivity index (χ1v) is 7.41. The maximum Gasteiger partial charge on any atom is 0.0616 e. The molecular formula is C17H29NO2. The second-order valence-corrected chi connectivity index (χ2v) is 6.19. The number of hydrogen-bond acceptors (Lipinski definition) is 3. The highest BCUT2D eigenvalue weighted by atomic mass is 16.5. The Balaban J connectivity index is 2.57. The Kier molecular flexibility index (Phi) is 7.20. The van der Waals surface area contributed by atoms with E-state index in [4.69, 9.17) is 9.84 Å². The van der Waals surface area contributed by atoms with E-state index >= 15 is 0 Å². The largest absolute Gasteiger partial charge is 0.396 e. The molecule has 2 unspecified atom stereocenters. The zero-order valence-corrected chi connectivity index (χ0v) is 13.2. The number of aliphatic hydroxyl groups is 1. The average molecular weight is 279 g/mol. The van der Waals surface area contributed by atoms with Crippen LogP contribution in [0, 0.1) is 0 Å². The molecule has 0 saturated carbocycles. The molecule has 3 heteroatoms. The first kappa shape index (κ1) is 17.2. The van der Waals surface area contributed by atoms with Gasteiger partial charge in [0.2, 0.25) is 0 Å². The lowest BCUT2D eigenvalue weighted by molar-refractivity contribution is 0.140. The van der Waals surface area contributed by atoms with Crippen LogP contribution in [0.5, 0.6) is 0 Å². The van der Waals surface area contributed by atoms with Gasteiger partial charge >= 0.3 is 0 Å². The van der Waals surface area contributed by atoms with Crippen molar-refractivity contribution in [3.8, 4) is 0 Å². The molecule has 0 heterocycles. The van der Waals surface area contributed by atoms with Crippen molar-refractivity contribution in [1.29, 1.82) is 0 Å². The van der Waals surface area contributed by atoms with Crippen molar-refractivity contribution in [2.45, 2.75) is 51.1 Å². The molecule has 0 aliphatic rings. The normalized spacial score (nSPS) is 15.1. The van der Waals surface area contributed by atoms with Crippen LogP contribution >= 0.6 is 0 Å². The fourth-order valence-electron chi connectivity index (χ4n) is 2.81. The van der Waals surface area contributed by atoms with Gasteiger partial charge < -0.3 is 15.2 Å². The first-order chi connectivity index (χ1) is 9.49. The van der Waals surface area contributed by atoms with Crippen LogP contribution in [0.15, 0.2) is 30.3 Å². The first-order valence-electron chi connectivity index (χ1n) is 7.41. The summed E-state index contributed by atoms with van der Waals surface area (Å²) in [6.07, 6.45) is 1.77. The van der Waals surface area contributed by atoms with Gasteiger partial charge in [-0.25, -0.2) is 0 Å². The predicted molar refractivity (Wildman–Crippen MR) is 84.0 cm³/mol. The zero-order valence-electron chi connectivity index (χ0n) is 13.2. The summed E-state index contributed by atoms with van der Waals surface area (Å²) in [7, 11) is 1.70. The van der Waals surface area contributed by atoms with Crippen LogP contribution in [0.3, 0.4) is 0 Å². The van der Waals surface area contributed by atoms with Gasteiger partial charge in [0.05, 0.1) is 6.61 Å². The molecule has 0 aromatic heterocycles. The average Bonchev–Trinajstić information content (AvgIpc) is 2.39. The number of ether oxygens (including phenoxy) is 1. The highest BCUT2D eigenvalue weighted by Gasteiger charge is 2.24. The van der Waals surface area contributed by atoms with Gasteiger partial charge in [0.25, 0.3) is 0 Å². The molecule has 1 aromatic rings. The number of nitrogens with one attached hydrogen (secondary N) is 1. The summed E-state index contributed by atoms with van der Waals surface area (Å²) in [5.41, 5.74) is 1.49. The lowest BCUT2D eigenvalue weighted by Gasteiger charge is -2.31. The minimum Gasteiger partial charge on any atom is -0.396 e. The van der Waals surface area contributed by atoms with Gasteiger partial charge in [-0.15, -0.1) is 0 Å². The van der Waals surface area contributed by atoms with Crippen LogP contribution in [0.4, 0.5) is 0 Å². The summed E-state index contributed by atoms with van der Waals surface area (Å²) in [5.74, 6) is 0. The van der Waals surface area contributed by atoms with Gasteiger partial charge in [-0.2, -0.15) is 0 Å². The molecular weight excluding hydrogens is 250 g/mol. The van der Waals surface area contributed by atoms with Crippen molar-refractivity contribution in [2.24, 2.45) is 0 Å². The number of benzene rings is 1. The molecule has 20 heavy (non-hydrogen) atoms. The number of hydrogen-bond donors (Lipinski definition) is 2. The van der Waals surface area contributed by atoms with E-state index in [1.807, 2.05) is 0 Å². The molecule has 0 saturated heterocycles. The standard InChI is InChI=1S/C17H29NO2/c1-14(18-16(10-11-19)13-20-4)12-17(2,3)15-8-6-5-7-9-15/h5-9,14,16,18-19H,10-13H2,1-4H3. The van der Waals surface area contributed by atoms with E-state index in [9.17, 15) is 0 Å². The molecule has 0 fully saturated rings. The Hall–Kier alpha value is -0.900. The second-order valence-electron chi connectivity index (χ2n) is 6.19. The summed E-state index contributed by atoms with van der Waals surface area (Å²) in [5, 5.41) is 12.7. The maximum atomic E-state index is 9.09. The van der Waals surface area contributed by atoms with Gasteiger partial charge in [0.1, 0.15) is 0 Å². The molecule has 2 atom stereocenters. The number of aliphatic hydroxyl groups excluding tert-OH is 1. The van der Waals surface area contributed by atoms with Gasteiger partial charge in [-0.3, -0.25) is 0 Å². The topological polar surface area (TPSA) is 41.5 Å². The lowest BCUT2D eigenvalue weighted by atomic mass is 9.79. The van der Waals surface area contributed by atoms with Gasteiger partial charge in [-0.1, -0.05) is 44.2 Å². The monoisotopic (exact) mass is 279 g/mol. The highest BCUT2D eigenvalue weighted by Crippen LogP contribution is 2.28. The Bertz CT molecular complexity index is 359. The molecule has 114 valence electrons. The molecule has 1 rings (SSSR count). The Morgan fingerprint density at radius 1 is 1.25 bits per heavy atom. The molecule has 2 N–H and O–H groups in total. The van der Waals surface area contributed by atoms with Gasteiger partial charge in [0.15, 0.2) is 0 Å². The summed E-state index contributed by atoms with van der Waals surface area (Å²) in [4.78, 5) is 0. The van der Waals surface area contributed by atoms with E-state index in [0.717, 1.165) is 12.8 Å². The fraction of sp³-hybridized carbons (Fsp3) is 0.647. The third-order valence-electron chi connectivity index (χ3n) is 3.74. The van der Waals surface area contributed by atoms with E-state index in [1.165, 1.54) is 5.56 Å². The third kappa shape index (κ3) is 5.61. The maximum absolute atomic E-state index is 9.09. The summed E-state index contributed by atoms with van der Waals surface area (Å²) >= 11 is 0. The SMILES string of the molecule is COCC(CCO)NC(C)CC(C)(C)c1ccccc1. The second kappa shape index (κ2) is 8.40. The Morgan fingerprint density at radius 3 is 2.45 bits per heavy atom. The van der Waals surface area contributed by atoms with Crippen molar-refractivity contribution in [3.05, 3.63) is 35.9 Å². The third-order valence-corrected chi connectivity index (χ3v) is 3.74. The van der Waals surface area contributed by atoms with Crippen LogP contribution in [0.2, 0.25) is 0 Å². The molecule has 0 aliphatic heterocycles. The minimum atomic E-state index is 0.129.